The van der Waals surface area contributed by atoms with E-state index in [1.54, 1.807) is 31.4 Å². The molecule has 0 aliphatic carbocycles. The Kier molecular flexibility index (Phi) is 4.46. The van der Waals surface area contributed by atoms with Gasteiger partial charge in [-0.1, -0.05) is 34.6 Å². The summed E-state index contributed by atoms with van der Waals surface area (Å²) in [5.41, 5.74) is 2.33. The first kappa shape index (κ1) is 18.9. The SMILES string of the molecule is COc1ccc(N2C(=O)[C@H]3N=NN(Cc4nc(-c5ccccc5C)no4)[C@H]3C2=O)cc1. The summed E-state index contributed by atoms with van der Waals surface area (Å²) in [6, 6.07) is 12.6. The van der Waals surface area contributed by atoms with Crippen molar-refractivity contribution in [1.29, 1.82) is 0 Å². The summed E-state index contributed by atoms with van der Waals surface area (Å²) < 4.78 is 10.5. The highest BCUT2D eigenvalue weighted by atomic mass is 16.5. The first-order valence-electron chi connectivity index (χ1n) is 9.64. The molecule has 0 spiro atoms. The number of imide groups is 1. The third kappa shape index (κ3) is 3.12. The van der Waals surface area contributed by atoms with E-state index >= 15 is 0 Å². The molecule has 156 valence electrons. The van der Waals surface area contributed by atoms with E-state index in [1.165, 1.54) is 5.01 Å². The van der Waals surface area contributed by atoms with Gasteiger partial charge in [0.15, 0.2) is 12.1 Å². The minimum Gasteiger partial charge on any atom is -0.497 e. The zero-order valence-corrected chi connectivity index (χ0v) is 16.8. The number of nitrogens with zero attached hydrogens (tertiary/aromatic N) is 6. The zero-order valence-electron chi connectivity index (χ0n) is 16.8. The van der Waals surface area contributed by atoms with Crippen LogP contribution in [0.4, 0.5) is 5.69 Å². The molecule has 31 heavy (non-hydrogen) atoms. The third-order valence-electron chi connectivity index (χ3n) is 5.34. The molecule has 10 heteroatoms. The molecule has 2 aromatic carbocycles. The zero-order chi connectivity index (χ0) is 21.5. The van der Waals surface area contributed by atoms with Crippen molar-refractivity contribution in [3.05, 3.63) is 60.0 Å². The van der Waals surface area contributed by atoms with Crippen molar-refractivity contribution in [3.8, 4) is 17.1 Å². The molecular formula is C21H18N6O4. The molecule has 0 N–H and O–H groups in total. The summed E-state index contributed by atoms with van der Waals surface area (Å²) in [5.74, 6) is 0.544. The van der Waals surface area contributed by atoms with Gasteiger partial charge in [0.1, 0.15) is 12.3 Å². The fraction of sp³-hybridized carbons (Fsp3) is 0.238. The smallest absolute Gasteiger partial charge is 0.263 e. The van der Waals surface area contributed by atoms with Crippen molar-refractivity contribution in [2.24, 2.45) is 10.3 Å². The number of carbonyl (C=O) groups is 2. The van der Waals surface area contributed by atoms with Gasteiger partial charge in [-0.2, -0.15) is 10.1 Å². The minimum absolute atomic E-state index is 0.0685. The molecule has 2 atom stereocenters. The van der Waals surface area contributed by atoms with Crippen LogP contribution in [0.5, 0.6) is 5.75 Å². The maximum Gasteiger partial charge on any atom is 0.263 e. The second kappa shape index (κ2) is 7.31. The van der Waals surface area contributed by atoms with Crippen LogP contribution >= 0.6 is 0 Å². The largest absolute Gasteiger partial charge is 0.497 e. The highest BCUT2D eigenvalue weighted by Crippen LogP contribution is 2.33. The number of ether oxygens (including phenoxy) is 1. The number of carbonyl (C=O) groups excluding carboxylic acids is 2. The molecule has 0 bridgehead atoms. The molecule has 3 aromatic rings. The van der Waals surface area contributed by atoms with Gasteiger partial charge in [0.05, 0.1) is 12.8 Å². The Morgan fingerprint density at radius 2 is 1.84 bits per heavy atom. The summed E-state index contributed by atoms with van der Waals surface area (Å²) in [6.45, 7) is 2.03. The average molecular weight is 418 g/mol. The molecule has 0 radical (unpaired) electrons. The number of benzene rings is 2. The lowest BCUT2D eigenvalue weighted by Gasteiger charge is -2.19. The van der Waals surface area contributed by atoms with E-state index in [9.17, 15) is 9.59 Å². The van der Waals surface area contributed by atoms with Gasteiger partial charge in [0.2, 0.25) is 11.7 Å². The van der Waals surface area contributed by atoms with Crippen LogP contribution < -0.4 is 9.64 Å². The van der Waals surface area contributed by atoms with E-state index in [0.717, 1.165) is 16.0 Å². The van der Waals surface area contributed by atoms with Gasteiger partial charge in [-0.05, 0) is 36.8 Å². The van der Waals surface area contributed by atoms with Crippen molar-refractivity contribution in [1.82, 2.24) is 15.1 Å². The predicted octanol–water partition coefficient (Wildman–Crippen LogP) is 2.55. The Morgan fingerprint density at radius 3 is 2.58 bits per heavy atom. The van der Waals surface area contributed by atoms with Crippen LogP contribution in [-0.2, 0) is 16.1 Å². The number of methoxy groups -OCH3 is 1. The van der Waals surface area contributed by atoms with Gasteiger partial charge >= 0.3 is 0 Å². The fourth-order valence-corrected chi connectivity index (χ4v) is 3.73. The molecule has 5 rings (SSSR count). The number of anilines is 1. The first-order chi connectivity index (χ1) is 15.1. The number of rotatable bonds is 5. The van der Waals surface area contributed by atoms with E-state index in [0.29, 0.717) is 17.3 Å². The summed E-state index contributed by atoms with van der Waals surface area (Å²) in [6.07, 6.45) is 0. The second-order valence-electron chi connectivity index (χ2n) is 7.23. The monoisotopic (exact) mass is 418 g/mol. The van der Waals surface area contributed by atoms with Crippen LogP contribution in [0.2, 0.25) is 0 Å². The molecule has 2 aliphatic heterocycles. The van der Waals surface area contributed by atoms with Crippen molar-refractivity contribution < 1.29 is 18.8 Å². The normalized spacial score (nSPS) is 19.9. The Labute approximate surface area is 177 Å². The molecule has 0 saturated carbocycles. The van der Waals surface area contributed by atoms with Crippen molar-refractivity contribution >= 4 is 17.5 Å². The molecule has 1 fully saturated rings. The Bertz CT molecular complexity index is 1190. The Balaban J connectivity index is 1.36. The minimum atomic E-state index is -0.895. The van der Waals surface area contributed by atoms with E-state index in [2.05, 4.69) is 20.5 Å². The van der Waals surface area contributed by atoms with Crippen LogP contribution in [0.15, 0.2) is 63.4 Å². The fourth-order valence-electron chi connectivity index (χ4n) is 3.73. The van der Waals surface area contributed by atoms with Crippen LogP contribution in [0, 0.1) is 6.92 Å². The molecule has 2 aliphatic rings. The van der Waals surface area contributed by atoms with Crippen LogP contribution in [0.25, 0.3) is 11.4 Å². The highest BCUT2D eigenvalue weighted by Gasteiger charge is 2.55. The number of amides is 2. The number of aromatic nitrogens is 2. The summed E-state index contributed by atoms with van der Waals surface area (Å²) in [4.78, 5) is 31.4. The van der Waals surface area contributed by atoms with Crippen LogP contribution in [0.1, 0.15) is 11.5 Å². The van der Waals surface area contributed by atoms with Crippen LogP contribution in [-0.4, -0.2) is 46.2 Å². The molecular weight excluding hydrogens is 400 g/mol. The molecule has 1 saturated heterocycles. The quantitative estimate of drug-likeness (QED) is 0.585. The first-order valence-corrected chi connectivity index (χ1v) is 9.64. The van der Waals surface area contributed by atoms with Gasteiger partial charge in [0, 0.05) is 5.56 Å². The van der Waals surface area contributed by atoms with Crippen molar-refractivity contribution in [3.63, 3.8) is 0 Å². The highest BCUT2D eigenvalue weighted by molar-refractivity contribution is 6.25. The number of hydrogen-bond acceptors (Lipinski definition) is 9. The summed E-state index contributed by atoms with van der Waals surface area (Å²) in [5, 5.41) is 13.5. The van der Waals surface area contributed by atoms with Gasteiger partial charge in [0.25, 0.3) is 11.8 Å². The van der Waals surface area contributed by atoms with E-state index in [-0.39, 0.29) is 12.4 Å². The van der Waals surface area contributed by atoms with E-state index in [4.69, 9.17) is 9.26 Å². The van der Waals surface area contributed by atoms with Gasteiger partial charge in [-0.3, -0.25) is 14.6 Å². The second-order valence-corrected chi connectivity index (χ2v) is 7.23. The maximum atomic E-state index is 13.1. The van der Waals surface area contributed by atoms with E-state index < -0.39 is 23.9 Å². The number of hydrogen-bond donors (Lipinski definition) is 0. The van der Waals surface area contributed by atoms with E-state index in [1.807, 2.05) is 31.2 Å². The molecule has 3 heterocycles. The molecule has 2 amide bonds. The van der Waals surface area contributed by atoms with Crippen molar-refractivity contribution in [2.45, 2.75) is 25.6 Å². The number of aryl methyl sites for hydroxylation is 1. The van der Waals surface area contributed by atoms with Gasteiger partial charge < -0.3 is 9.26 Å². The van der Waals surface area contributed by atoms with Gasteiger partial charge in [-0.15, -0.1) is 0 Å². The van der Waals surface area contributed by atoms with Crippen LogP contribution in [0.3, 0.4) is 0 Å². The van der Waals surface area contributed by atoms with Gasteiger partial charge in [-0.25, -0.2) is 4.90 Å². The topological polar surface area (TPSA) is 113 Å². The maximum absolute atomic E-state index is 13.1. The summed E-state index contributed by atoms with van der Waals surface area (Å²) in [7, 11) is 1.55. The Morgan fingerprint density at radius 1 is 1.06 bits per heavy atom. The lowest BCUT2D eigenvalue weighted by atomic mass is 10.1. The average Bonchev–Trinajstić information content (AvgIpc) is 3.47. The van der Waals surface area contributed by atoms with Crippen molar-refractivity contribution in [2.75, 3.05) is 12.0 Å². The lowest BCUT2D eigenvalue weighted by Crippen LogP contribution is -2.39. The standard InChI is InChI=1S/C21H18N6O4/c1-12-5-3-4-6-15(12)19-22-16(31-24-19)11-26-18-17(23-25-26)20(28)27(21(18)29)13-7-9-14(30-2)10-8-13/h3-10,17-18H,11H2,1-2H3/t17-,18+/m0/s1. The molecule has 0 unspecified atom stereocenters. The molecule has 1 aromatic heterocycles. The Hall–Kier alpha value is -4.08. The predicted molar refractivity (Wildman–Crippen MR) is 108 cm³/mol. The third-order valence-corrected chi connectivity index (χ3v) is 5.34. The molecule has 10 nitrogen and oxygen atoms in total. The lowest BCUT2D eigenvalue weighted by molar-refractivity contribution is -0.123. The number of fused-ring (bicyclic) bond motifs is 1. The summed E-state index contributed by atoms with van der Waals surface area (Å²) >= 11 is 0.